The number of carbonyl (C=O) groups is 1. The molecule has 2 atom stereocenters. The van der Waals surface area contributed by atoms with Crippen molar-refractivity contribution in [1.82, 2.24) is 10.6 Å². The Hall–Kier alpha value is -0.140. The second-order valence-electron chi connectivity index (χ2n) is 5.43. The molecule has 1 aromatic rings. The molecule has 0 bridgehead atoms. The first-order valence-electron chi connectivity index (χ1n) is 6.82. The van der Waals surface area contributed by atoms with Gasteiger partial charge in [0.25, 0.3) is 0 Å². The van der Waals surface area contributed by atoms with Gasteiger partial charge in [-0.2, -0.15) is 0 Å². The minimum absolute atomic E-state index is 0.0899. The summed E-state index contributed by atoms with van der Waals surface area (Å²) in [5.74, 6) is 0.0899. The van der Waals surface area contributed by atoms with Crippen LogP contribution < -0.4 is 10.6 Å². The van der Waals surface area contributed by atoms with Gasteiger partial charge in [0.15, 0.2) is 0 Å². The van der Waals surface area contributed by atoms with Crippen LogP contribution in [0, 0.1) is 2.88 Å². The van der Waals surface area contributed by atoms with Crippen molar-refractivity contribution in [3.8, 4) is 0 Å². The van der Waals surface area contributed by atoms with Gasteiger partial charge in [0.05, 0.1) is 8.93 Å². The normalized spacial score (nSPS) is 20.2. The van der Waals surface area contributed by atoms with Crippen molar-refractivity contribution >= 4 is 39.8 Å². The third-order valence-electron chi connectivity index (χ3n) is 3.36. The maximum atomic E-state index is 12.0. The zero-order chi connectivity index (χ0) is 14.0. The van der Waals surface area contributed by atoms with Gasteiger partial charge in [0.2, 0.25) is 5.91 Å². The van der Waals surface area contributed by atoms with Crippen LogP contribution in [-0.4, -0.2) is 18.0 Å². The molecule has 106 valence electrons. The molecule has 0 aliphatic heterocycles. The van der Waals surface area contributed by atoms with Crippen molar-refractivity contribution in [2.24, 2.45) is 0 Å². The van der Waals surface area contributed by atoms with Gasteiger partial charge in [-0.3, -0.25) is 10.1 Å². The molecule has 5 heteroatoms. The minimum atomic E-state index is -0.143. The number of hydrogen-bond donors (Lipinski definition) is 2. The fourth-order valence-corrected chi connectivity index (χ4v) is 4.60. The van der Waals surface area contributed by atoms with Gasteiger partial charge >= 0.3 is 0 Å². The molecule has 0 saturated heterocycles. The summed E-state index contributed by atoms with van der Waals surface area (Å²) in [6.07, 6.45) is 3.52. The van der Waals surface area contributed by atoms with Crippen LogP contribution in [0.4, 0.5) is 0 Å². The molecule has 19 heavy (non-hydrogen) atoms. The van der Waals surface area contributed by atoms with E-state index in [-0.39, 0.29) is 18.0 Å². The Morgan fingerprint density at radius 1 is 1.47 bits per heavy atom. The quantitative estimate of drug-likeness (QED) is 0.773. The van der Waals surface area contributed by atoms with E-state index in [1.807, 2.05) is 32.1 Å². The summed E-state index contributed by atoms with van der Waals surface area (Å²) in [5, 5.41) is 6.45. The highest BCUT2D eigenvalue weighted by Crippen LogP contribution is 2.36. The van der Waals surface area contributed by atoms with E-state index in [2.05, 4.69) is 39.3 Å². The van der Waals surface area contributed by atoms with Crippen molar-refractivity contribution < 1.29 is 4.79 Å². The molecule has 0 aromatic carbocycles. The number of halogens is 1. The van der Waals surface area contributed by atoms with E-state index >= 15 is 0 Å². The molecule has 1 amide bonds. The summed E-state index contributed by atoms with van der Waals surface area (Å²) in [6.45, 7) is 5.93. The number of aryl methyl sites for hydroxylation is 1. The molecule has 3 nitrogen and oxygen atoms in total. The molecule has 1 heterocycles. The van der Waals surface area contributed by atoms with Crippen LogP contribution >= 0.6 is 33.9 Å². The van der Waals surface area contributed by atoms with Gasteiger partial charge in [-0.1, -0.05) is 0 Å². The predicted molar refractivity (Wildman–Crippen MR) is 88.6 cm³/mol. The lowest BCUT2D eigenvalue weighted by Crippen LogP contribution is -2.46. The number of amides is 1. The van der Waals surface area contributed by atoms with E-state index in [1.54, 1.807) is 0 Å². The second-order valence-corrected chi connectivity index (χ2v) is 8.46. The van der Waals surface area contributed by atoms with Gasteiger partial charge < -0.3 is 5.32 Å². The molecule has 1 aliphatic rings. The standard InChI is InChI=1S/C14H21IN2OS/c1-8(2)16-14(18)9(3)17-11-5-4-6-12-10(11)7-13(15)19-12/h7-9,11,17H,4-6H2,1-3H3,(H,16,18). The van der Waals surface area contributed by atoms with Crippen molar-refractivity contribution in [3.05, 3.63) is 19.4 Å². The molecular formula is C14H21IN2OS. The van der Waals surface area contributed by atoms with E-state index in [9.17, 15) is 4.79 Å². The third-order valence-corrected chi connectivity index (χ3v) is 5.33. The highest BCUT2D eigenvalue weighted by molar-refractivity contribution is 14.1. The Bertz CT molecular complexity index is 458. The molecule has 2 N–H and O–H groups in total. The van der Waals surface area contributed by atoms with Crippen LogP contribution in [-0.2, 0) is 11.2 Å². The van der Waals surface area contributed by atoms with Crippen molar-refractivity contribution in [3.63, 3.8) is 0 Å². The fraction of sp³-hybridized carbons (Fsp3) is 0.643. The molecule has 2 rings (SSSR count). The lowest BCUT2D eigenvalue weighted by Gasteiger charge is -2.27. The molecule has 2 unspecified atom stereocenters. The first kappa shape index (κ1) is 15.3. The van der Waals surface area contributed by atoms with E-state index in [0.717, 1.165) is 6.42 Å². The molecule has 0 saturated carbocycles. The molecule has 0 spiro atoms. The number of thiophene rings is 1. The summed E-state index contributed by atoms with van der Waals surface area (Å²) < 4.78 is 1.34. The molecule has 1 aliphatic carbocycles. The smallest absolute Gasteiger partial charge is 0.237 e. The summed E-state index contributed by atoms with van der Waals surface area (Å²) in [5.41, 5.74) is 1.41. The van der Waals surface area contributed by atoms with E-state index < -0.39 is 0 Å². The molecule has 1 aromatic heterocycles. The van der Waals surface area contributed by atoms with Crippen LogP contribution in [0.1, 0.15) is 50.1 Å². The Labute approximate surface area is 132 Å². The average Bonchev–Trinajstić information content (AvgIpc) is 2.69. The second kappa shape index (κ2) is 6.54. The van der Waals surface area contributed by atoms with Crippen molar-refractivity contribution in [2.45, 2.75) is 58.2 Å². The summed E-state index contributed by atoms with van der Waals surface area (Å²) in [4.78, 5) is 13.5. The first-order valence-corrected chi connectivity index (χ1v) is 8.71. The van der Waals surface area contributed by atoms with Crippen LogP contribution in [0.2, 0.25) is 0 Å². The van der Waals surface area contributed by atoms with E-state index in [4.69, 9.17) is 0 Å². The lowest BCUT2D eigenvalue weighted by atomic mass is 9.93. The minimum Gasteiger partial charge on any atom is -0.353 e. The summed E-state index contributed by atoms with van der Waals surface area (Å²) >= 11 is 4.27. The Balaban J connectivity index is 2.02. The maximum absolute atomic E-state index is 12.0. The predicted octanol–water partition coefficient (Wildman–Crippen LogP) is 3.23. The number of fused-ring (bicyclic) bond motifs is 1. The van der Waals surface area contributed by atoms with Crippen LogP contribution in [0.25, 0.3) is 0 Å². The number of nitrogens with one attached hydrogen (secondary N) is 2. The number of carbonyl (C=O) groups excluding carboxylic acids is 1. The Morgan fingerprint density at radius 2 is 2.21 bits per heavy atom. The largest absolute Gasteiger partial charge is 0.353 e. The van der Waals surface area contributed by atoms with Crippen LogP contribution in [0.5, 0.6) is 0 Å². The number of rotatable bonds is 4. The highest BCUT2D eigenvalue weighted by Gasteiger charge is 2.25. The zero-order valence-corrected chi connectivity index (χ0v) is 14.6. The molecular weight excluding hydrogens is 371 g/mol. The van der Waals surface area contributed by atoms with Crippen LogP contribution in [0.3, 0.4) is 0 Å². The summed E-state index contributed by atoms with van der Waals surface area (Å²) in [6, 6.07) is 2.65. The van der Waals surface area contributed by atoms with Gasteiger partial charge in [-0.05, 0) is 74.3 Å². The van der Waals surface area contributed by atoms with Gasteiger partial charge in [-0.15, -0.1) is 11.3 Å². The zero-order valence-electron chi connectivity index (χ0n) is 11.6. The first-order chi connectivity index (χ1) is 8.97. The Kier molecular flexibility index (Phi) is 5.25. The SMILES string of the molecule is CC(C)NC(=O)C(C)NC1CCCc2sc(I)cc21. The monoisotopic (exact) mass is 392 g/mol. The topological polar surface area (TPSA) is 41.1 Å². The maximum Gasteiger partial charge on any atom is 0.237 e. The molecule has 0 fully saturated rings. The van der Waals surface area contributed by atoms with Gasteiger partial charge in [0.1, 0.15) is 0 Å². The molecule has 0 radical (unpaired) electrons. The third kappa shape index (κ3) is 3.92. The lowest BCUT2D eigenvalue weighted by molar-refractivity contribution is -0.123. The average molecular weight is 392 g/mol. The Morgan fingerprint density at radius 3 is 2.89 bits per heavy atom. The number of hydrogen-bond acceptors (Lipinski definition) is 3. The van der Waals surface area contributed by atoms with Crippen LogP contribution in [0.15, 0.2) is 6.07 Å². The fourth-order valence-electron chi connectivity index (χ4n) is 2.48. The highest BCUT2D eigenvalue weighted by atomic mass is 127. The summed E-state index contributed by atoms with van der Waals surface area (Å²) in [7, 11) is 0. The van der Waals surface area contributed by atoms with Gasteiger partial charge in [0, 0.05) is 17.0 Å². The van der Waals surface area contributed by atoms with E-state index in [1.165, 1.54) is 26.2 Å². The van der Waals surface area contributed by atoms with E-state index in [0.29, 0.717) is 6.04 Å². The van der Waals surface area contributed by atoms with Gasteiger partial charge in [-0.25, -0.2) is 0 Å². The van der Waals surface area contributed by atoms with Crippen molar-refractivity contribution in [2.75, 3.05) is 0 Å². The van der Waals surface area contributed by atoms with Crippen molar-refractivity contribution in [1.29, 1.82) is 0 Å².